The van der Waals surface area contributed by atoms with E-state index in [1.165, 1.54) is 49.8 Å². The van der Waals surface area contributed by atoms with Crippen molar-refractivity contribution < 1.29 is 0 Å². The van der Waals surface area contributed by atoms with Crippen LogP contribution in [-0.2, 0) is 6.42 Å². The smallest absolute Gasteiger partial charge is 0.0247 e. The van der Waals surface area contributed by atoms with Crippen LogP contribution in [-0.4, -0.2) is 6.04 Å². The highest BCUT2D eigenvalue weighted by Crippen LogP contribution is 2.57. The average molecular weight is 290 g/mol. The molecule has 0 spiro atoms. The fraction of sp³-hybridized carbons (Fsp3) is 0.765. The van der Waals surface area contributed by atoms with E-state index in [2.05, 4.69) is 22.9 Å². The van der Waals surface area contributed by atoms with E-state index in [1.807, 2.05) is 11.3 Å². The lowest BCUT2D eigenvalue weighted by atomic mass is 9.50. The molecule has 4 fully saturated rings. The fourth-order valence-corrected chi connectivity index (χ4v) is 6.49. The lowest BCUT2D eigenvalue weighted by Gasteiger charge is -2.56. The molecule has 1 aromatic rings. The Morgan fingerprint density at radius 1 is 1.15 bits per heavy atom. The van der Waals surface area contributed by atoms with Gasteiger partial charge < -0.3 is 0 Å². The van der Waals surface area contributed by atoms with Crippen LogP contribution in [0.25, 0.3) is 0 Å². The molecule has 4 saturated carbocycles. The Labute approximate surface area is 126 Å². The molecular formula is C17H26N2S. The standard InChI is InChI=1S/C17H26N2S/c18-19-16(4-3-15-2-1-5-20-15)17-13-7-11-6-12(9-13)10-14(17)8-11/h1-2,5,11-14,16-17,19H,3-4,6-10,18H2. The van der Waals surface area contributed by atoms with Crippen molar-refractivity contribution in [2.45, 2.75) is 51.0 Å². The molecule has 1 atom stereocenters. The van der Waals surface area contributed by atoms with Gasteiger partial charge in [-0.2, -0.15) is 0 Å². The second-order valence-corrected chi connectivity index (χ2v) is 8.43. The van der Waals surface area contributed by atoms with E-state index in [0.29, 0.717) is 6.04 Å². The van der Waals surface area contributed by atoms with Crippen LogP contribution in [0, 0.1) is 29.6 Å². The minimum atomic E-state index is 0.534. The molecule has 0 saturated heterocycles. The van der Waals surface area contributed by atoms with Gasteiger partial charge >= 0.3 is 0 Å². The van der Waals surface area contributed by atoms with Gasteiger partial charge in [-0.3, -0.25) is 11.3 Å². The maximum atomic E-state index is 5.95. The zero-order valence-electron chi connectivity index (χ0n) is 12.1. The summed E-state index contributed by atoms with van der Waals surface area (Å²) >= 11 is 1.88. The van der Waals surface area contributed by atoms with Gasteiger partial charge in [0.2, 0.25) is 0 Å². The second kappa shape index (κ2) is 5.43. The van der Waals surface area contributed by atoms with Crippen LogP contribution in [0.4, 0.5) is 0 Å². The van der Waals surface area contributed by atoms with E-state index in [1.54, 1.807) is 0 Å². The Morgan fingerprint density at radius 3 is 2.40 bits per heavy atom. The monoisotopic (exact) mass is 290 g/mol. The highest BCUT2D eigenvalue weighted by Gasteiger charge is 2.50. The number of aryl methyl sites for hydroxylation is 1. The summed E-state index contributed by atoms with van der Waals surface area (Å²) < 4.78 is 0. The van der Waals surface area contributed by atoms with E-state index in [-0.39, 0.29) is 0 Å². The van der Waals surface area contributed by atoms with Crippen LogP contribution >= 0.6 is 11.3 Å². The minimum absolute atomic E-state index is 0.534. The third-order valence-electron chi connectivity index (χ3n) is 6.26. The Hall–Kier alpha value is -0.380. The van der Waals surface area contributed by atoms with Crippen LogP contribution in [0.1, 0.15) is 43.4 Å². The van der Waals surface area contributed by atoms with E-state index in [9.17, 15) is 0 Å². The summed E-state index contributed by atoms with van der Waals surface area (Å²) in [5, 5.41) is 2.18. The van der Waals surface area contributed by atoms with Crippen molar-refractivity contribution in [1.82, 2.24) is 5.43 Å². The topological polar surface area (TPSA) is 38.0 Å². The molecule has 2 nitrogen and oxygen atoms in total. The molecule has 20 heavy (non-hydrogen) atoms. The molecule has 3 heteroatoms. The first-order valence-corrected chi connectivity index (χ1v) is 9.20. The third-order valence-corrected chi connectivity index (χ3v) is 7.20. The van der Waals surface area contributed by atoms with Crippen molar-refractivity contribution in [2.24, 2.45) is 35.4 Å². The van der Waals surface area contributed by atoms with Crippen LogP contribution < -0.4 is 11.3 Å². The van der Waals surface area contributed by atoms with Gasteiger partial charge in [0.25, 0.3) is 0 Å². The van der Waals surface area contributed by atoms with Crippen molar-refractivity contribution in [2.75, 3.05) is 0 Å². The Morgan fingerprint density at radius 2 is 1.85 bits per heavy atom. The number of hydrazine groups is 1. The van der Waals surface area contributed by atoms with Crippen LogP contribution in [0.15, 0.2) is 17.5 Å². The van der Waals surface area contributed by atoms with Gasteiger partial charge in [0.05, 0.1) is 0 Å². The summed E-state index contributed by atoms with van der Waals surface area (Å²) in [4.78, 5) is 1.51. The molecule has 4 bridgehead atoms. The number of nitrogens with two attached hydrogens (primary N) is 1. The van der Waals surface area contributed by atoms with Crippen molar-refractivity contribution in [1.29, 1.82) is 0 Å². The molecule has 1 heterocycles. The van der Waals surface area contributed by atoms with Gasteiger partial charge in [0.1, 0.15) is 0 Å². The first-order valence-electron chi connectivity index (χ1n) is 8.32. The summed E-state index contributed by atoms with van der Waals surface area (Å²) in [5.41, 5.74) is 3.20. The molecule has 0 amide bonds. The molecule has 4 aliphatic carbocycles. The van der Waals surface area contributed by atoms with Gasteiger partial charge in [0, 0.05) is 10.9 Å². The molecule has 0 radical (unpaired) electrons. The summed E-state index contributed by atoms with van der Waals surface area (Å²) in [5.74, 6) is 10.9. The quantitative estimate of drug-likeness (QED) is 0.642. The maximum Gasteiger partial charge on any atom is 0.0247 e. The van der Waals surface area contributed by atoms with Crippen molar-refractivity contribution in [3.8, 4) is 0 Å². The Bertz CT molecular complexity index is 414. The zero-order chi connectivity index (χ0) is 13.5. The summed E-state index contributed by atoms with van der Waals surface area (Å²) in [6.07, 6.45) is 9.92. The largest absolute Gasteiger partial charge is 0.271 e. The first-order chi connectivity index (χ1) is 9.83. The molecule has 110 valence electrons. The predicted molar refractivity (Wildman–Crippen MR) is 84.3 cm³/mol. The highest BCUT2D eigenvalue weighted by atomic mass is 32.1. The predicted octanol–water partition coefficient (Wildman–Crippen LogP) is 3.58. The van der Waals surface area contributed by atoms with Crippen LogP contribution in [0.5, 0.6) is 0 Å². The molecule has 4 aliphatic rings. The molecule has 1 aromatic heterocycles. The first kappa shape index (κ1) is 13.3. The minimum Gasteiger partial charge on any atom is -0.271 e. The van der Waals surface area contributed by atoms with E-state index >= 15 is 0 Å². The number of thiophene rings is 1. The lowest BCUT2D eigenvalue weighted by Crippen LogP contribution is -2.54. The number of hydrogen-bond acceptors (Lipinski definition) is 3. The highest BCUT2D eigenvalue weighted by molar-refractivity contribution is 7.09. The lowest BCUT2D eigenvalue weighted by molar-refractivity contribution is -0.0528. The maximum absolute atomic E-state index is 5.95. The molecular weight excluding hydrogens is 264 g/mol. The Balaban J connectivity index is 1.44. The van der Waals surface area contributed by atoms with Gasteiger partial charge in [-0.05, 0) is 86.0 Å². The van der Waals surface area contributed by atoms with Crippen molar-refractivity contribution in [3.63, 3.8) is 0 Å². The van der Waals surface area contributed by atoms with Crippen molar-refractivity contribution in [3.05, 3.63) is 22.4 Å². The van der Waals surface area contributed by atoms with E-state index < -0.39 is 0 Å². The third kappa shape index (κ3) is 2.34. The molecule has 1 unspecified atom stereocenters. The zero-order valence-corrected chi connectivity index (χ0v) is 12.9. The molecule has 5 rings (SSSR count). The molecule has 0 aliphatic heterocycles. The van der Waals surface area contributed by atoms with Crippen molar-refractivity contribution >= 4 is 11.3 Å². The van der Waals surface area contributed by atoms with Gasteiger partial charge in [0.15, 0.2) is 0 Å². The summed E-state index contributed by atoms with van der Waals surface area (Å²) in [6.45, 7) is 0. The van der Waals surface area contributed by atoms with Crippen LogP contribution in [0.2, 0.25) is 0 Å². The SMILES string of the molecule is NNC(CCc1cccs1)C1C2CC3CC(C2)CC1C3. The summed E-state index contributed by atoms with van der Waals surface area (Å²) in [7, 11) is 0. The molecule has 0 aromatic carbocycles. The fourth-order valence-electron chi connectivity index (χ4n) is 5.76. The van der Waals surface area contributed by atoms with Gasteiger partial charge in [-0.25, -0.2) is 0 Å². The van der Waals surface area contributed by atoms with Crippen LogP contribution in [0.3, 0.4) is 0 Å². The normalized spacial score (nSPS) is 40.1. The Kier molecular flexibility index (Phi) is 3.61. The summed E-state index contributed by atoms with van der Waals surface area (Å²) in [6, 6.07) is 4.95. The molecule has 3 N–H and O–H groups in total. The second-order valence-electron chi connectivity index (χ2n) is 7.40. The van der Waals surface area contributed by atoms with Gasteiger partial charge in [-0.15, -0.1) is 11.3 Å². The van der Waals surface area contributed by atoms with Gasteiger partial charge in [-0.1, -0.05) is 6.07 Å². The van der Waals surface area contributed by atoms with E-state index in [0.717, 1.165) is 29.6 Å². The number of rotatable bonds is 5. The number of hydrogen-bond donors (Lipinski definition) is 2. The number of nitrogens with one attached hydrogen (secondary N) is 1. The average Bonchev–Trinajstić information content (AvgIpc) is 2.94. The van der Waals surface area contributed by atoms with E-state index in [4.69, 9.17) is 5.84 Å².